The van der Waals surface area contributed by atoms with Crippen LogP contribution in [0.1, 0.15) is 18.9 Å². The van der Waals surface area contributed by atoms with Gasteiger partial charge in [-0.1, -0.05) is 30.3 Å². The maximum absolute atomic E-state index is 12.2. The normalized spacial score (nSPS) is 31.8. The summed E-state index contributed by atoms with van der Waals surface area (Å²) in [6.07, 6.45) is 0.700. The van der Waals surface area contributed by atoms with Crippen molar-refractivity contribution in [1.29, 1.82) is 0 Å². The lowest BCUT2D eigenvalue weighted by molar-refractivity contribution is -0.141. The van der Waals surface area contributed by atoms with Gasteiger partial charge in [-0.3, -0.25) is 14.5 Å². The van der Waals surface area contributed by atoms with Crippen LogP contribution in [-0.2, 0) is 15.0 Å². The summed E-state index contributed by atoms with van der Waals surface area (Å²) in [6.45, 7) is 2.34. The number of benzene rings is 1. The molecular formula is C13H13NO2. The number of nitrogens with zero attached hydrogens (tertiary/aromatic N) is 1. The standard InChI is InChI=1S/C13H13NO2/c1-2-14-11(15)10-8-13(10,12(14)16)9-6-4-3-5-7-9/h3-7,10H,2,8H2,1H3. The SMILES string of the molecule is CCN1C(=O)C2CC2(c2ccccc2)C1=O. The Morgan fingerprint density at radius 2 is 2.00 bits per heavy atom. The molecule has 1 saturated carbocycles. The Balaban J connectivity index is 2.05. The Bertz CT molecular complexity index is 468. The van der Waals surface area contributed by atoms with E-state index >= 15 is 0 Å². The third kappa shape index (κ3) is 0.932. The van der Waals surface area contributed by atoms with Crippen molar-refractivity contribution in [2.75, 3.05) is 6.54 Å². The first-order chi connectivity index (χ1) is 7.71. The van der Waals surface area contributed by atoms with Gasteiger partial charge in [0.1, 0.15) is 0 Å². The molecule has 2 unspecified atom stereocenters. The smallest absolute Gasteiger partial charge is 0.240 e. The van der Waals surface area contributed by atoms with E-state index in [0.29, 0.717) is 13.0 Å². The molecule has 0 spiro atoms. The summed E-state index contributed by atoms with van der Waals surface area (Å²) < 4.78 is 0. The minimum Gasteiger partial charge on any atom is -0.282 e. The Hall–Kier alpha value is -1.64. The number of likely N-dealkylation sites (N-methyl/N-ethyl adjacent to an activating group) is 1. The zero-order valence-corrected chi connectivity index (χ0v) is 9.14. The highest BCUT2D eigenvalue weighted by atomic mass is 16.2. The quantitative estimate of drug-likeness (QED) is 0.698. The van der Waals surface area contributed by atoms with E-state index < -0.39 is 5.41 Å². The van der Waals surface area contributed by atoms with Crippen LogP contribution in [0.5, 0.6) is 0 Å². The van der Waals surface area contributed by atoms with E-state index in [9.17, 15) is 9.59 Å². The van der Waals surface area contributed by atoms with E-state index in [-0.39, 0.29) is 17.7 Å². The lowest BCUT2D eigenvalue weighted by Gasteiger charge is -2.17. The second-order valence-corrected chi connectivity index (χ2v) is 4.48. The van der Waals surface area contributed by atoms with Crippen molar-refractivity contribution in [1.82, 2.24) is 4.90 Å². The Morgan fingerprint density at radius 1 is 1.31 bits per heavy atom. The van der Waals surface area contributed by atoms with E-state index in [1.165, 1.54) is 4.90 Å². The van der Waals surface area contributed by atoms with Crippen molar-refractivity contribution >= 4 is 11.8 Å². The number of carbonyl (C=O) groups is 2. The molecular weight excluding hydrogens is 202 g/mol. The van der Waals surface area contributed by atoms with Gasteiger partial charge >= 0.3 is 0 Å². The molecule has 1 aliphatic heterocycles. The van der Waals surface area contributed by atoms with Crippen LogP contribution < -0.4 is 0 Å². The first-order valence-electron chi connectivity index (χ1n) is 5.63. The first kappa shape index (κ1) is 9.58. The van der Waals surface area contributed by atoms with Gasteiger partial charge in [-0.25, -0.2) is 0 Å². The second kappa shape index (κ2) is 2.94. The Labute approximate surface area is 94.1 Å². The van der Waals surface area contributed by atoms with Crippen molar-refractivity contribution in [3.05, 3.63) is 35.9 Å². The molecule has 3 nitrogen and oxygen atoms in total. The Kier molecular flexibility index (Phi) is 1.76. The van der Waals surface area contributed by atoms with Crippen LogP contribution in [-0.4, -0.2) is 23.3 Å². The second-order valence-electron chi connectivity index (χ2n) is 4.48. The molecule has 0 radical (unpaired) electrons. The fraction of sp³-hybridized carbons (Fsp3) is 0.385. The van der Waals surface area contributed by atoms with Crippen LogP contribution in [0, 0.1) is 5.92 Å². The molecule has 16 heavy (non-hydrogen) atoms. The predicted octanol–water partition coefficient (Wildman–Crippen LogP) is 1.33. The largest absolute Gasteiger partial charge is 0.282 e. The maximum Gasteiger partial charge on any atom is 0.240 e. The van der Waals surface area contributed by atoms with Gasteiger partial charge in [0.25, 0.3) is 0 Å². The number of amides is 2. The highest BCUT2D eigenvalue weighted by Crippen LogP contribution is 2.60. The fourth-order valence-corrected chi connectivity index (χ4v) is 2.80. The highest BCUT2D eigenvalue weighted by molar-refractivity contribution is 6.15. The summed E-state index contributed by atoms with van der Waals surface area (Å²) in [5.74, 6) is -0.0881. The first-order valence-corrected chi connectivity index (χ1v) is 5.63. The molecule has 1 heterocycles. The van der Waals surface area contributed by atoms with Crippen LogP contribution in [0.2, 0.25) is 0 Å². The van der Waals surface area contributed by atoms with Crippen molar-refractivity contribution < 1.29 is 9.59 Å². The van der Waals surface area contributed by atoms with Crippen LogP contribution in [0.4, 0.5) is 0 Å². The molecule has 2 aliphatic rings. The van der Waals surface area contributed by atoms with Gasteiger partial charge < -0.3 is 0 Å². The molecule has 82 valence electrons. The molecule has 1 aromatic rings. The summed E-state index contributed by atoms with van der Waals surface area (Å²) >= 11 is 0. The summed E-state index contributed by atoms with van der Waals surface area (Å²) in [6, 6.07) is 9.67. The van der Waals surface area contributed by atoms with Crippen LogP contribution in [0.3, 0.4) is 0 Å². The van der Waals surface area contributed by atoms with Crippen molar-refractivity contribution in [2.45, 2.75) is 18.8 Å². The molecule has 0 N–H and O–H groups in total. The molecule has 1 aromatic carbocycles. The maximum atomic E-state index is 12.2. The van der Waals surface area contributed by atoms with Gasteiger partial charge in [0.15, 0.2) is 0 Å². The minimum absolute atomic E-state index is 0.00352. The molecule has 3 rings (SSSR count). The average molecular weight is 215 g/mol. The number of hydrogen-bond donors (Lipinski definition) is 0. The molecule has 3 heteroatoms. The average Bonchev–Trinajstić information content (AvgIpc) is 3.03. The molecule has 1 aliphatic carbocycles. The zero-order chi connectivity index (χ0) is 11.3. The number of imide groups is 1. The van der Waals surface area contributed by atoms with Gasteiger partial charge in [0.05, 0.1) is 11.3 Å². The highest BCUT2D eigenvalue weighted by Gasteiger charge is 2.71. The van der Waals surface area contributed by atoms with Crippen molar-refractivity contribution in [2.24, 2.45) is 5.92 Å². The van der Waals surface area contributed by atoms with Crippen LogP contribution in [0.25, 0.3) is 0 Å². The van der Waals surface area contributed by atoms with Gasteiger partial charge in [-0.15, -0.1) is 0 Å². The molecule has 2 atom stereocenters. The molecule has 1 saturated heterocycles. The van der Waals surface area contributed by atoms with Crippen LogP contribution >= 0.6 is 0 Å². The number of carbonyl (C=O) groups excluding carboxylic acids is 2. The lowest BCUT2D eigenvalue weighted by Crippen LogP contribution is -2.36. The molecule has 2 amide bonds. The zero-order valence-electron chi connectivity index (χ0n) is 9.14. The van der Waals surface area contributed by atoms with E-state index in [1.807, 2.05) is 37.3 Å². The van der Waals surface area contributed by atoms with Gasteiger partial charge in [-0.2, -0.15) is 0 Å². The minimum atomic E-state index is -0.506. The van der Waals surface area contributed by atoms with E-state index in [0.717, 1.165) is 5.56 Å². The van der Waals surface area contributed by atoms with Gasteiger partial charge in [0.2, 0.25) is 11.8 Å². The summed E-state index contributed by atoms with van der Waals surface area (Å²) in [4.78, 5) is 25.5. The van der Waals surface area contributed by atoms with E-state index in [4.69, 9.17) is 0 Å². The fourth-order valence-electron chi connectivity index (χ4n) is 2.80. The molecule has 0 bridgehead atoms. The Morgan fingerprint density at radius 3 is 2.56 bits per heavy atom. The summed E-state index contributed by atoms with van der Waals surface area (Å²) in [7, 11) is 0. The van der Waals surface area contributed by atoms with Crippen molar-refractivity contribution in [3.63, 3.8) is 0 Å². The third-order valence-corrected chi connectivity index (χ3v) is 3.76. The third-order valence-electron chi connectivity index (χ3n) is 3.76. The van der Waals surface area contributed by atoms with E-state index in [2.05, 4.69) is 0 Å². The lowest BCUT2D eigenvalue weighted by atomic mass is 9.94. The summed E-state index contributed by atoms with van der Waals surface area (Å²) in [5.41, 5.74) is 0.489. The topological polar surface area (TPSA) is 37.4 Å². The predicted molar refractivity (Wildman–Crippen MR) is 58.6 cm³/mol. The van der Waals surface area contributed by atoms with Crippen LogP contribution in [0.15, 0.2) is 30.3 Å². The molecule has 2 fully saturated rings. The van der Waals surface area contributed by atoms with Crippen molar-refractivity contribution in [3.8, 4) is 0 Å². The monoisotopic (exact) mass is 215 g/mol. The number of rotatable bonds is 2. The number of fused-ring (bicyclic) bond motifs is 1. The number of hydrogen-bond acceptors (Lipinski definition) is 2. The summed E-state index contributed by atoms with van der Waals surface area (Å²) in [5, 5.41) is 0. The number of piperidine rings is 1. The van der Waals surface area contributed by atoms with Gasteiger partial charge in [-0.05, 0) is 18.9 Å². The van der Waals surface area contributed by atoms with Gasteiger partial charge in [0, 0.05) is 6.54 Å². The van der Waals surface area contributed by atoms with E-state index in [1.54, 1.807) is 0 Å². The molecule has 0 aromatic heterocycles. The number of likely N-dealkylation sites (tertiary alicyclic amines) is 1.